The Balaban J connectivity index is 2.36. The van der Waals surface area contributed by atoms with Gasteiger partial charge in [0.1, 0.15) is 0 Å². The summed E-state index contributed by atoms with van der Waals surface area (Å²) in [6.45, 7) is 1.82. The highest BCUT2D eigenvalue weighted by Gasteiger charge is 2.22. The maximum absolute atomic E-state index is 11.7. The Morgan fingerprint density at radius 1 is 1.43 bits per heavy atom. The lowest BCUT2D eigenvalue weighted by Gasteiger charge is -2.22. The second kappa shape index (κ2) is 5.29. The van der Waals surface area contributed by atoms with Gasteiger partial charge in [-0.15, -0.1) is 0 Å². The van der Waals surface area contributed by atoms with Crippen molar-refractivity contribution in [1.82, 2.24) is 5.32 Å². The fourth-order valence-corrected chi connectivity index (χ4v) is 1.83. The van der Waals surface area contributed by atoms with Gasteiger partial charge in [-0.25, -0.2) is 0 Å². The zero-order chi connectivity index (χ0) is 10.6. The van der Waals surface area contributed by atoms with Crippen molar-refractivity contribution in [3.8, 4) is 0 Å². The molecular formula is C10H18N2OS. The summed E-state index contributed by atoms with van der Waals surface area (Å²) in [5, 5.41) is 2.84. The van der Waals surface area contributed by atoms with Crippen LogP contribution in [-0.4, -0.2) is 16.9 Å². The molecule has 1 saturated carbocycles. The summed E-state index contributed by atoms with van der Waals surface area (Å²) in [6, 6.07) is -0.181. The zero-order valence-electron chi connectivity index (χ0n) is 8.58. The van der Waals surface area contributed by atoms with E-state index in [9.17, 15) is 4.79 Å². The monoisotopic (exact) mass is 214 g/mol. The van der Waals surface area contributed by atoms with Crippen LogP contribution in [0.15, 0.2) is 0 Å². The Hall–Kier alpha value is -0.640. The highest BCUT2D eigenvalue weighted by molar-refractivity contribution is 7.80. The predicted molar refractivity (Wildman–Crippen MR) is 61.0 cm³/mol. The number of carbonyl (C=O) groups is 1. The van der Waals surface area contributed by atoms with E-state index in [1.54, 1.807) is 0 Å². The van der Waals surface area contributed by atoms with Gasteiger partial charge in [0, 0.05) is 5.92 Å². The fourth-order valence-electron chi connectivity index (χ4n) is 1.77. The third-order valence-electron chi connectivity index (χ3n) is 2.76. The van der Waals surface area contributed by atoms with Crippen LogP contribution in [0.1, 0.15) is 39.0 Å². The molecule has 1 atom stereocenters. The van der Waals surface area contributed by atoms with E-state index in [2.05, 4.69) is 5.32 Å². The van der Waals surface area contributed by atoms with Crippen LogP contribution < -0.4 is 11.1 Å². The summed E-state index contributed by atoms with van der Waals surface area (Å²) < 4.78 is 0. The summed E-state index contributed by atoms with van der Waals surface area (Å²) in [7, 11) is 0. The maximum atomic E-state index is 11.7. The van der Waals surface area contributed by atoms with E-state index >= 15 is 0 Å². The van der Waals surface area contributed by atoms with Crippen molar-refractivity contribution in [1.29, 1.82) is 0 Å². The van der Waals surface area contributed by atoms with E-state index in [4.69, 9.17) is 18.0 Å². The van der Waals surface area contributed by atoms with E-state index in [0.29, 0.717) is 4.99 Å². The maximum Gasteiger partial charge on any atom is 0.223 e. The first-order valence-electron chi connectivity index (χ1n) is 5.21. The number of thiocarbonyl (C=S) groups is 1. The molecule has 0 aliphatic heterocycles. The van der Waals surface area contributed by atoms with E-state index in [1.165, 1.54) is 19.3 Å². The predicted octanol–water partition coefficient (Wildman–Crippen LogP) is 1.36. The Morgan fingerprint density at radius 2 is 2.00 bits per heavy atom. The van der Waals surface area contributed by atoms with Gasteiger partial charge in [0.2, 0.25) is 5.91 Å². The fraction of sp³-hybridized carbons (Fsp3) is 0.800. The normalized spacial score (nSPS) is 20.1. The lowest BCUT2D eigenvalue weighted by molar-refractivity contribution is -0.126. The Labute approximate surface area is 90.4 Å². The van der Waals surface area contributed by atoms with Crippen LogP contribution in [0.2, 0.25) is 0 Å². The molecule has 14 heavy (non-hydrogen) atoms. The van der Waals surface area contributed by atoms with Gasteiger partial charge in [-0.1, -0.05) is 31.5 Å². The van der Waals surface area contributed by atoms with Crippen LogP contribution in [-0.2, 0) is 4.79 Å². The van der Waals surface area contributed by atoms with Crippen LogP contribution in [0.25, 0.3) is 0 Å². The third-order valence-corrected chi connectivity index (χ3v) is 3.12. The van der Waals surface area contributed by atoms with Crippen molar-refractivity contribution >= 4 is 23.1 Å². The highest BCUT2D eigenvalue weighted by Crippen LogP contribution is 2.23. The van der Waals surface area contributed by atoms with E-state index in [0.717, 1.165) is 12.8 Å². The van der Waals surface area contributed by atoms with Crippen molar-refractivity contribution in [2.75, 3.05) is 0 Å². The minimum absolute atomic E-state index is 0.116. The molecule has 1 amide bonds. The molecule has 0 spiro atoms. The van der Waals surface area contributed by atoms with Gasteiger partial charge in [0.25, 0.3) is 0 Å². The van der Waals surface area contributed by atoms with Crippen LogP contribution in [0.4, 0.5) is 0 Å². The molecule has 0 aromatic rings. The first kappa shape index (κ1) is 11.4. The van der Waals surface area contributed by atoms with Gasteiger partial charge in [0.05, 0.1) is 11.0 Å². The Kier molecular flexibility index (Phi) is 4.32. The van der Waals surface area contributed by atoms with Crippen LogP contribution in [0, 0.1) is 5.92 Å². The second-order valence-corrected chi connectivity index (χ2v) is 4.44. The van der Waals surface area contributed by atoms with E-state index in [1.807, 2.05) is 6.92 Å². The molecule has 0 aromatic heterocycles. The summed E-state index contributed by atoms with van der Waals surface area (Å²) in [6.07, 6.45) is 5.61. The summed E-state index contributed by atoms with van der Waals surface area (Å²) in [5.74, 6) is 0.297. The van der Waals surface area contributed by atoms with Gasteiger partial charge in [-0.2, -0.15) is 0 Å². The standard InChI is InChI=1S/C10H18N2OS/c1-7(9(11)14)12-10(13)8-5-3-2-4-6-8/h7-8H,2-6H2,1H3,(H2,11,14)(H,12,13). The lowest BCUT2D eigenvalue weighted by atomic mass is 9.88. The number of rotatable bonds is 3. The Morgan fingerprint density at radius 3 is 2.50 bits per heavy atom. The highest BCUT2D eigenvalue weighted by atomic mass is 32.1. The summed E-state index contributed by atoms with van der Waals surface area (Å²) in [5.41, 5.74) is 5.43. The van der Waals surface area contributed by atoms with Crippen molar-refractivity contribution in [2.45, 2.75) is 45.1 Å². The van der Waals surface area contributed by atoms with Crippen LogP contribution in [0.5, 0.6) is 0 Å². The second-order valence-electron chi connectivity index (χ2n) is 3.97. The molecule has 1 unspecified atom stereocenters. The number of hydrogen-bond donors (Lipinski definition) is 2. The lowest BCUT2D eigenvalue weighted by Crippen LogP contribution is -2.44. The summed E-state index contributed by atoms with van der Waals surface area (Å²) in [4.78, 5) is 12.0. The molecule has 0 heterocycles. The molecule has 3 nitrogen and oxygen atoms in total. The first-order chi connectivity index (χ1) is 6.61. The molecule has 1 rings (SSSR count). The average molecular weight is 214 g/mol. The number of hydrogen-bond acceptors (Lipinski definition) is 2. The molecule has 0 aromatic carbocycles. The SMILES string of the molecule is CC(NC(=O)C1CCCCC1)C(N)=S. The molecule has 1 fully saturated rings. The first-order valence-corrected chi connectivity index (χ1v) is 5.62. The van der Waals surface area contributed by atoms with Gasteiger partial charge in [0.15, 0.2) is 0 Å². The number of amides is 1. The van der Waals surface area contributed by atoms with Crippen molar-refractivity contribution < 1.29 is 4.79 Å². The van der Waals surface area contributed by atoms with Gasteiger partial charge >= 0.3 is 0 Å². The minimum atomic E-state index is -0.181. The molecular weight excluding hydrogens is 196 g/mol. The van der Waals surface area contributed by atoms with Gasteiger partial charge in [-0.3, -0.25) is 4.79 Å². The smallest absolute Gasteiger partial charge is 0.223 e. The summed E-state index contributed by atoms with van der Waals surface area (Å²) >= 11 is 4.80. The molecule has 1 aliphatic carbocycles. The molecule has 0 radical (unpaired) electrons. The van der Waals surface area contributed by atoms with Crippen LogP contribution >= 0.6 is 12.2 Å². The number of nitrogens with one attached hydrogen (secondary N) is 1. The molecule has 0 saturated heterocycles. The quantitative estimate of drug-likeness (QED) is 0.697. The van der Waals surface area contributed by atoms with Gasteiger partial charge in [-0.05, 0) is 19.8 Å². The third kappa shape index (κ3) is 3.25. The largest absolute Gasteiger partial charge is 0.392 e. The minimum Gasteiger partial charge on any atom is -0.392 e. The number of nitrogens with two attached hydrogens (primary N) is 1. The molecule has 0 bridgehead atoms. The number of carbonyl (C=O) groups excluding carboxylic acids is 1. The van der Waals surface area contributed by atoms with Crippen LogP contribution in [0.3, 0.4) is 0 Å². The molecule has 3 N–H and O–H groups in total. The van der Waals surface area contributed by atoms with E-state index < -0.39 is 0 Å². The van der Waals surface area contributed by atoms with Gasteiger partial charge < -0.3 is 11.1 Å². The van der Waals surface area contributed by atoms with Crippen molar-refractivity contribution in [3.05, 3.63) is 0 Å². The molecule has 4 heteroatoms. The topological polar surface area (TPSA) is 55.1 Å². The molecule has 1 aliphatic rings. The Bertz CT molecular complexity index is 224. The molecule has 80 valence electrons. The van der Waals surface area contributed by atoms with E-state index in [-0.39, 0.29) is 17.9 Å². The average Bonchev–Trinajstić information content (AvgIpc) is 2.19. The van der Waals surface area contributed by atoms with Crippen molar-refractivity contribution in [2.24, 2.45) is 11.7 Å². The van der Waals surface area contributed by atoms with Crippen molar-refractivity contribution in [3.63, 3.8) is 0 Å². The zero-order valence-corrected chi connectivity index (χ0v) is 9.40.